The predicted molar refractivity (Wildman–Crippen MR) is 78.9 cm³/mol. The van der Waals surface area contributed by atoms with Gasteiger partial charge >= 0.3 is 0 Å². The van der Waals surface area contributed by atoms with E-state index in [-0.39, 0.29) is 6.10 Å². The molecule has 1 aromatic carbocycles. The van der Waals surface area contributed by atoms with Crippen molar-refractivity contribution < 1.29 is 19.3 Å². The second-order valence-electron chi connectivity index (χ2n) is 6.03. The zero-order chi connectivity index (χ0) is 14.7. The van der Waals surface area contributed by atoms with Gasteiger partial charge in [0.05, 0.1) is 5.60 Å². The summed E-state index contributed by atoms with van der Waals surface area (Å²) in [5, 5.41) is 10.5. The van der Waals surface area contributed by atoms with E-state index in [1.165, 1.54) is 0 Å². The van der Waals surface area contributed by atoms with Crippen molar-refractivity contribution in [3.63, 3.8) is 0 Å². The monoisotopic (exact) mass is 293 g/mol. The molecular weight excluding hydrogens is 270 g/mol. The molecule has 116 valence electrons. The molecular formula is C16H23NO4. The number of fused-ring (bicyclic) bond motifs is 1. The SMILES string of the molecule is CN(CC1COc2ccccc2O1)CC1(O)CCOCC1. The van der Waals surface area contributed by atoms with E-state index in [1.807, 2.05) is 31.3 Å². The average molecular weight is 293 g/mol. The molecule has 0 aliphatic carbocycles. The fourth-order valence-corrected chi connectivity index (χ4v) is 2.98. The molecule has 0 saturated carbocycles. The summed E-state index contributed by atoms with van der Waals surface area (Å²) >= 11 is 0. The molecule has 3 rings (SSSR count). The van der Waals surface area contributed by atoms with Gasteiger partial charge in [0.2, 0.25) is 0 Å². The van der Waals surface area contributed by atoms with E-state index in [4.69, 9.17) is 14.2 Å². The van der Waals surface area contributed by atoms with Crippen molar-refractivity contribution in [1.29, 1.82) is 0 Å². The fourth-order valence-electron chi connectivity index (χ4n) is 2.98. The summed E-state index contributed by atoms with van der Waals surface area (Å²) in [4.78, 5) is 2.12. The number of nitrogens with zero attached hydrogens (tertiary/aromatic N) is 1. The first-order valence-corrected chi connectivity index (χ1v) is 7.52. The van der Waals surface area contributed by atoms with Crippen molar-refractivity contribution in [2.75, 3.05) is 40.0 Å². The highest BCUT2D eigenvalue weighted by Gasteiger charge is 2.32. The van der Waals surface area contributed by atoms with Gasteiger partial charge in [-0.2, -0.15) is 0 Å². The van der Waals surface area contributed by atoms with Crippen molar-refractivity contribution in [2.45, 2.75) is 24.5 Å². The minimum absolute atomic E-state index is 0.00617. The van der Waals surface area contributed by atoms with Crippen molar-refractivity contribution in [3.05, 3.63) is 24.3 Å². The van der Waals surface area contributed by atoms with Gasteiger partial charge in [0, 0.05) is 39.1 Å². The highest BCUT2D eigenvalue weighted by molar-refractivity contribution is 5.40. The van der Waals surface area contributed by atoms with E-state index in [0.29, 0.717) is 39.2 Å². The number of aliphatic hydroxyl groups is 1. The second kappa shape index (κ2) is 6.22. The topological polar surface area (TPSA) is 51.2 Å². The second-order valence-corrected chi connectivity index (χ2v) is 6.03. The van der Waals surface area contributed by atoms with Crippen LogP contribution in [0.4, 0.5) is 0 Å². The first kappa shape index (κ1) is 14.6. The van der Waals surface area contributed by atoms with Crippen LogP contribution in [-0.4, -0.2) is 61.7 Å². The van der Waals surface area contributed by atoms with Crippen molar-refractivity contribution in [1.82, 2.24) is 4.90 Å². The molecule has 1 N–H and O–H groups in total. The minimum atomic E-state index is -0.638. The van der Waals surface area contributed by atoms with E-state index in [9.17, 15) is 5.11 Å². The third-order valence-electron chi connectivity index (χ3n) is 4.07. The maximum absolute atomic E-state index is 10.5. The highest BCUT2D eigenvalue weighted by Crippen LogP contribution is 2.31. The molecule has 5 nitrogen and oxygen atoms in total. The molecule has 1 fully saturated rings. The number of para-hydroxylation sites is 2. The van der Waals surface area contributed by atoms with Gasteiger partial charge in [0.1, 0.15) is 12.7 Å². The van der Waals surface area contributed by atoms with Crippen LogP contribution in [0.1, 0.15) is 12.8 Å². The molecule has 2 aliphatic rings. The van der Waals surface area contributed by atoms with Crippen LogP contribution in [0.15, 0.2) is 24.3 Å². The molecule has 1 aromatic rings. The zero-order valence-electron chi connectivity index (χ0n) is 12.5. The van der Waals surface area contributed by atoms with Crippen LogP contribution in [-0.2, 0) is 4.74 Å². The summed E-state index contributed by atoms with van der Waals surface area (Å²) in [6.07, 6.45) is 1.39. The summed E-state index contributed by atoms with van der Waals surface area (Å²) < 4.78 is 17.0. The molecule has 21 heavy (non-hydrogen) atoms. The molecule has 0 radical (unpaired) electrons. The third-order valence-corrected chi connectivity index (χ3v) is 4.07. The van der Waals surface area contributed by atoms with E-state index in [2.05, 4.69) is 4.90 Å². The van der Waals surface area contributed by atoms with Gasteiger partial charge in [-0.3, -0.25) is 4.90 Å². The maximum Gasteiger partial charge on any atom is 0.161 e. The van der Waals surface area contributed by atoms with E-state index in [1.54, 1.807) is 0 Å². The lowest BCUT2D eigenvalue weighted by Crippen LogP contribution is -2.49. The van der Waals surface area contributed by atoms with Crippen LogP contribution < -0.4 is 9.47 Å². The largest absolute Gasteiger partial charge is 0.486 e. The van der Waals surface area contributed by atoms with Gasteiger partial charge in [-0.05, 0) is 19.2 Å². The third kappa shape index (κ3) is 3.67. The van der Waals surface area contributed by atoms with Crippen molar-refractivity contribution >= 4 is 0 Å². The van der Waals surface area contributed by atoms with Crippen LogP contribution in [0.2, 0.25) is 0 Å². The summed E-state index contributed by atoms with van der Waals surface area (Å²) in [6, 6.07) is 7.72. The lowest BCUT2D eigenvalue weighted by molar-refractivity contribution is -0.0806. The van der Waals surface area contributed by atoms with Gasteiger partial charge in [-0.15, -0.1) is 0 Å². The predicted octanol–water partition coefficient (Wildman–Crippen LogP) is 1.30. The summed E-state index contributed by atoms with van der Waals surface area (Å²) in [5.41, 5.74) is -0.638. The Hall–Kier alpha value is -1.30. The first-order chi connectivity index (χ1) is 10.1. The summed E-state index contributed by atoms with van der Waals surface area (Å²) in [5.74, 6) is 1.60. The Morgan fingerprint density at radius 1 is 1.24 bits per heavy atom. The van der Waals surface area contributed by atoms with E-state index >= 15 is 0 Å². The van der Waals surface area contributed by atoms with Crippen molar-refractivity contribution in [3.8, 4) is 11.5 Å². The van der Waals surface area contributed by atoms with Crippen LogP contribution in [0.3, 0.4) is 0 Å². The number of benzene rings is 1. The maximum atomic E-state index is 10.5. The molecule has 1 atom stereocenters. The number of likely N-dealkylation sites (N-methyl/N-ethyl adjacent to an activating group) is 1. The highest BCUT2D eigenvalue weighted by atomic mass is 16.6. The lowest BCUT2D eigenvalue weighted by atomic mass is 9.94. The van der Waals surface area contributed by atoms with Gasteiger partial charge in [0.25, 0.3) is 0 Å². The molecule has 0 spiro atoms. The molecule has 0 amide bonds. The molecule has 2 aliphatic heterocycles. The average Bonchev–Trinajstić information content (AvgIpc) is 2.47. The Bertz CT molecular complexity index is 473. The molecule has 5 heteroatoms. The number of ether oxygens (including phenoxy) is 3. The quantitative estimate of drug-likeness (QED) is 0.907. The Balaban J connectivity index is 1.53. The summed E-state index contributed by atoms with van der Waals surface area (Å²) in [7, 11) is 2.01. The number of hydrogen-bond acceptors (Lipinski definition) is 5. The number of hydrogen-bond donors (Lipinski definition) is 1. The van der Waals surface area contributed by atoms with Crippen LogP contribution >= 0.6 is 0 Å². The molecule has 0 aromatic heterocycles. The molecule has 1 saturated heterocycles. The van der Waals surface area contributed by atoms with Crippen LogP contribution in [0.25, 0.3) is 0 Å². The minimum Gasteiger partial charge on any atom is -0.486 e. The Kier molecular flexibility index (Phi) is 4.33. The van der Waals surface area contributed by atoms with Gasteiger partial charge in [0.15, 0.2) is 11.5 Å². The number of rotatable bonds is 4. The van der Waals surface area contributed by atoms with Gasteiger partial charge < -0.3 is 19.3 Å². The van der Waals surface area contributed by atoms with Crippen LogP contribution in [0.5, 0.6) is 11.5 Å². The van der Waals surface area contributed by atoms with Crippen molar-refractivity contribution in [2.24, 2.45) is 0 Å². The smallest absolute Gasteiger partial charge is 0.161 e. The Labute approximate surface area is 125 Å². The Morgan fingerprint density at radius 3 is 2.71 bits per heavy atom. The van der Waals surface area contributed by atoms with Gasteiger partial charge in [-0.1, -0.05) is 12.1 Å². The lowest BCUT2D eigenvalue weighted by Gasteiger charge is -2.37. The first-order valence-electron chi connectivity index (χ1n) is 7.52. The molecule has 2 heterocycles. The molecule has 0 bridgehead atoms. The normalized spacial score (nSPS) is 24.0. The summed E-state index contributed by atoms with van der Waals surface area (Å²) in [6.45, 7) is 3.19. The Morgan fingerprint density at radius 2 is 1.95 bits per heavy atom. The van der Waals surface area contributed by atoms with E-state index < -0.39 is 5.60 Å². The zero-order valence-corrected chi connectivity index (χ0v) is 12.5. The fraction of sp³-hybridized carbons (Fsp3) is 0.625. The molecule has 1 unspecified atom stereocenters. The van der Waals surface area contributed by atoms with Gasteiger partial charge in [-0.25, -0.2) is 0 Å². The standard InChI is InChI=1S/C16H23NO4/c1-17(12-16(18)6-8-19-9-7-16)10-13-11-20-14-4-2-3-5-15(14)21-13/h2-5,13,18H,6-12H2,1H3. The van der Waals surface area contributed by atoms with Crippen LogP contribution in [0, 0.1) is 0 Å². The van der Waals surface area contributed by atoms with E-state index in [0.717, 1.165) is 18.0 Å².